The van der Waals surface area contributed by atoms with Gasteiger partial charge in [-0.1, -0.05) is 35.5 Å². The number of benzene rings is 2. The molecule has 4 rings (SSSR count). The maximum atomic E-state index is 10.5. The van der Waals surface area contributed by atoms with Gasteiger partial charge in [-0.15, -0.1) is 0 Å². The Balaban J connectivity index is 1.63. The second-order valence-corrected chi connectivity index (χ2v) is 7.16. The van der Waals surface area contributed by atoms with E-state index < -0.39 is 0 Å². The third-order valence-electron chi connectivity index (χ3n) is 4.07. The first kappa shape index (κ1) is 17.5. The summed E-state index contributed by atoms with van der Waals surface area (Å²) in [5, 5.41) is 21.0. The number of hydrogen-bond donors (Lipinski definition) is 1. The molecule has 6 nitrogen and oxygen atoms in total. The number of fused-ring (bicyclic) bond motifs is 2. The van der Waals surface area contributed by atoms with E-state index in [0.29, 0.717) is 27.2 Å². The summed E-state index contributed by atoms with van der Waals surface area (Å²) in [5.41, 5.74) is 3.03. The molecule has 0 aliphatic carbocycles. The molecule has 0 atom stereocenters. The topological polar surface area (TPSA) is 87.9 Å². The molecule has 0 unspecified atom stereocenters. The second kappa shape index (κ2) is 6.99. The number of hydrogen-bond acceptors (Lipinski definition) is 6. The lowest BCUT2D eigenvalue weighted by Gasteiger charge is -2.04. The Bertz CT molecular complexity index is 1240. The van der Waals surface area contributed by atoms with E-state index in [-0.39, 0.29) is 17.1 Å². The maximum Gasteiger partial charge on any atom is 0.257 e. The molecule has 0 bridgehead atoms. The van der Waals surface area contributed by atoms with Gasteiger partial charge in [0.25, 0.3) is 5.22 Å². The summed E-state index contributed by atoms with van der Waals surface area (Å²) in [5.74, 6) is 0.467. The summed E-state index contributed by atoms with van der Waals surface area (Å²) in [6.45, 7) is 0. The Hall–Kier alpha value is -2.95. The van der Waals surface area contributed by atoms with Crippen molar-refractivity contribution < 1.29 is 9.52 Å². The highest BCUT2D eigenvalue weighted by Crippen LogP contribution is 2.28. The van der Waals surface area contributed by atoms with Gasteiger partial charge >= 0.3 is 0 Å². The van der Waals surface area contributed by atoms with Crippen LogP contribution in [0.4, 0.5) is 0 Å². The number of nitriles is 1. The third-order valence-corrected chi connectivity index (χ3v) is 5.15. The van der Waals surface area contributed by atoms with Gasteiger partial charge in [0.1, 0.15) is 22.9 Å². The second-order valence-electron chi connectivity index (χ2n) is 5.80. The van der Waals surface area contributed by atoms with E-state index in [4.69, 9.17) is 16.0 Å². The molecule has 2 heterocycles. The molecule has 8 heteroatoms. The van der Waals surface area contributed by atoms with E-state index in [2.05, 4.69) is 16.0 Å². The largest absolute Gasteiger partial charge is 0.510 e. The highest BCUT2D eigenvalue weighted by Gasteiger charge is 2.17. The van der Waals surface area contributed by atoms with E-state index in [1.807, 2.05) is 31.3 Å². The van der Waals surface area contributed by atoms with Gasteiger partial charge in [0, 0.05) is 12.1 Å². The van der Waals surface area contributed by atoms with Crippen molar-refractivity contribution in [1.29, 1.82) is 5.26 Å². The fourth-order valence-corrected chi connectivity index (χ4v) is 3.64. The van der Waals surface area contributed by atoms with Gasteiger partial charge in [-0.25, -0.2) is 9.97 Å². The van der Waals surface area contributed by atoms with Crippen LogP contribution < -0.4 is 0 Å². The molecule has 0 fully saturated rings. The Morgan fingerprint density at radius 2 is 2.07 bits per heavy atom. The molecule has 0 spiro atoms. The number of aliphatic hydroxyl groups is 1. The fraction of sp³-hybridized carbons (Fsp3) is 0.105. The van der Waals surface area contributed by atoms with Gasteiger partial charge in [0.2, 0.25) is 0 Å². The van der Waals surface area contributed by atoms with Crippen LogP contribution in [0.2, 0.25) is 5.02 Å². The van der Waals surface area contributed by atoms with Crippen LogP contribution in [0, 0.1) is 11.3 Å². The number of nitrogens with zero attached hydrogens (tertiary/aromatic N) is 4. The molecule has 0 saturated heterocycles. The Morgan fingerprint density at radius 3 is 2.85 bits per heavy atom. The smallest absolute Gasteiger partial charge is 0.257 e. The predicted molar refractivity (Wildman–Crippen MR) is 106 cm³/mol. The van der Waals surface area contributed by atoms with Crippen molar-refractivity contribution in [2.24, 2.45) is 7.05 Å². The molecule has 4 aromatic rings. The zero-order valence-corrected chi connectivity index (χ0v) is 15.8. The van der Waals surface area contributed by atoms with Crippen molar-refractivity contribution in [3.63, 3.8) is 0 Å². The maximum absolute atomic E-state index is 10.5. The molecule has 0 saturated carbocycles. The number of allylic oxidation sites excluding steroid dienone is 1. The van der Waals surface area contributed by atoms with Crippen LogP contribution in [0.15, 0.2) is 57.9 Å². The van der Waals surface area contributed by atoms with E-state index >= 15 is 0 Å². The van der Waals surface area contributed by atoms with Gasteiger partial charge in [-0.3, -0.25) is 0 Å². The molecular formula is C19H13ClN4O2S. The number of aromatic nitrogens is 3. The number of aliphatic hydroxyl groups excluding tert-OH is 1. The molecular weight excluding hydrogens is 384 g/mol. The molecule has 0 amide bonds. The van der Waals surface area contributed by atoms with Gasteiger partial charge in [-0.2, -0.15) is 5.26 Å². The average Bonchev–Trinajstić information content (AvgIpc) is 3.22. The number of para-hydroxylation sites is 2. The first-order valence-electron chi connectivity index (χ1n) is 8.00. The van der Waals surface area contributed by atoms with Crippen molar-refractivity contribution in [2.45, 2.75) is 5.22 Å². The number of rotatable bonds is 4. The van der Waals surface area contributed by atoms with Crippen molar-refractivity contribution in [2.75, 3.05) is 5.75 Å². The van der Waals surface area contributed by atoms with Crippen molar-refractivity contribution >= 4 is 51.1 Å². The van der Waals surface area contributed by atoms with Crippen molar-refractivity contribution in [3.05, 3.63) is 59.1 Å². The summed E-state index contributed by atoms with van der Waals surface area (Å²) >= 11 is 7.15. The van der Waals surface area contributed by atoms with Crippen LogP contribution in [0.5, 0.6) is 0 Å². The lowest BCUT2D eigenvalue weighted by molar-refractivity contribution is 0.419. The summed E-state index contributed by atoms with van der Waals surface area (Å²) in [4.78, 5) is 8.79. The fourth-order valence-electron chi connectivity index (χ4n) is 2.76. The summed E-state index contributed by atoms with van der Waals surface area (Å²) in [6, 6.07) is 14.8. The van der Waals surface area contributed by atoms with Crippen LogP contribution in [-0.2, 0) is 7.05 Å². The molecule has 134 valence electrons. The lowest BCUT2D eigenvalue weighted by atomic mass is 10.2. The zero-order valence-electron chi connectivity index (χ0n) is 14.2. The number of halogens is 1. The lowest BCUT2D eigenvalue weighted by Crippen LogP contribution is -2.00. The molecule has 0 aliphatic heterocycles. The number of thioether (sulfide) groups is 1. The molecule has 0 radical (unpaired) electrons. The number of aryl methyl sites for hydroxylation is 1. The van der Waals surface area contributed by atoms with E-state index in [1.54, 1.807) is 22.8 Å². The first-order chi connectivity index (χ1) is 13.1. The minimum absolute atomic E-state index is 0.0822. The van der Waals surface area contributed by atoms with E-state index in [9.17, 15) is 10.4 Å². The van der Waals surface area contributed by atoms with Crippen LogP contribution in [0.3, 0.4) is 0 Å². The Morgan fingerprint density at radius 1 is 1.26 bits per heavy atom. The van der Waals surface area contributed by atoms with Crippen LogP contribution in [0.25, 0.3) is 27.7 Å². The highest BCUT2D eigenvalue weighted by molar-refractivity contribution is 7.99. The SMILES string of the molecule is Cn1c(/C(C#N)=C(\O)CSc2nc3cc(Cl)ccc3o2)nc2ccccc21. The summed E-state index contributed by atoms with van der Waals surface area (Å²) in [6.07, 6.45) is 0. The van der Waals surface area contributed by atoms with Crippen molar-refractivity contribution in [3.8, 4) is 6.07 Å². The normalized spacial score (nSPS) is 12.3. The van der Waals surface area contributed by atoms with Crippen LogP contribution in [-0.4, -0.2) is 25.4 Å². The van der Waals surface area contributed by atoms with Gasteiger partial charge in [0.15, 0.2) is 11.4 Å². The molecule has 2 aromatic heterocycles. The average molecular weight is 397 g/mol. The monoisotopic (exact) mass is 396 g/mol. The Kier molecular flexibility index (Phi) is 4.52. The molecule has 1 N–H and O–H groups in total. The van der Waals surface area contributed by atoms with Gasteiger partial charge in [0.05, 0.1) is 16.8 Å². The van der Waals surface area contributed by atoms with E-state index in [1.165, 1.54) is 11.8 Å². The summed E-state index contributed by atoms with van der Waals surface area (Å²) < 4.78 is 7.41. The third kappa shape index (κ3) is 3.25. The zero-order chi connectivity index (χ0) is 19.0. The minimum atomic E-state index is -0.0822. The first-order valence-corrected chi connectivity index (χ1v) is 9.36. The van der Waals surface area contributed by atoms with Gasteiger partial charge in [-0.05, 0) is 30.3 Å². The number of oxazole rings is 1. The molecule has 0 aliphatic rings. The minimum Gasteiger partial charge on any atom is -0.510 e. The standard InChI is InChI=1S/C19H13ClN4O2S/c1-24-15-5-3-2-4-13(15)22-18(24)12(9-21)16(25)10-27-19-23-14-8-11(20)6-7-17(14)26-19/h2-8,25H,10H2,1H3/b16-12-. The van der Waals surface area contributed by atoms with Gasteiger partial charge < -0.3 is 14.1 Å². The van der Waals surface area contributed by atoms with Crippen LogP contribution >= 0.6 is 23.4 Å². The quantitative estimate of drug-likeness (QED) is 0.298. The summed E-state index contributed by atoms with van der Waals surface area (Å²) in [7, 11) is 1.81. The highest BCUT2D eigenvalue weighted by atomic mass is 35.5. The predicted octanol–water partition coefficient (Wildman–Crippen LogP) is 4.95. The van der Waals surface area contributed by atoms with E-state index in [0.717, 1.165) is 11.0 Å². The van der Waals surface area contributed by atoms with Crippen LogP contribution in [0.1, 0.15) is 5.82 Å². The Labute approximate surface area is 163 Å². The molecule has 2 aromatic carbocycles. The van der Waals surface area contributed by atoms with Crippen molar-refractivity contribution in [1.82, 2.24) is 14.5 Å². The molecule has 27 heavy (non-hydrogen) atoms. The number of imidazole rings is 1.